The third-order valence-corrected chi connectivity index (χ3v) is 7.46. The Balaban J connectivity index is 0.00000162. The van der Waals surface area contributed by atoms with E-state index in [9.17, 15) is 0 Å². The lowest BCUT2D eigenvalue weighted by Crippen LogP contribution is -2.13. The van der Waals surface area contributed by atoms with Gasteiger partial charge in [-0.15, -0.1) is 24.0 Å². The first-order valence-electron chi connectivity index (χ1n) is 6.19. The molecule has 96 valence electrons. The molecule has 2 heteroatoms. The highest BCUT2D eigenvalue weighted by molar-refractivity contribution is 14.0. The lowest BCUT2D eigenvalue weighted by molar-refractivity contribution is 1.33. The van der Waals surface area contributed by atoms with Crippen LogP contribution in [0.1, 0.15) is 12.5 Å². The molecular formula is C16H21IP+. The minimum Gasteiger partial charge on any atom is -0.107 e. The van der Waals surface area contributed by atoms with Gasteiger partial charge in [0.15, 0.2) is 0 Å². The number of rotatable bonds is 4. The summed E-state index contributed by atoms with van der Waals surface area (Å²) >= 11 is 0. The van der Waals surface area contributed by atoms with Crippen LogP contribution in [0.15, 0.2) is 60.7 Å². The number of hydrogen-bond acceptors (Lipinski definition) is 0. The van der Waals surface area contributed by atoms with E-state index >= 15 is 0 Å². The van der Waals surface area contributed by atoms with Crippen molar-refractivity contribution in [3.8, 4) is 0 Å². The molecular weight excluding hydrogens is 350 g/mol. The van der Waals surface area contributed by atoms with E-state index in [4.69, 9.17) is 0 Å². The number of benzene rings is 2. The number of halogens is 1. The van der Waals surface area contributed by atoms with Gasteiger partial charge in [0.1, 0.15) is 0 Å². The van der Waals surface area contributed by atoms with Crippen molar-refractivity contribution in [2.24, 2.45) is 0 Å². The molecule has 0 aliphatic rings. The zero-order valence-electron chi connectivity index (χ0n) is 11.0. The second-order valence-electron chi connectivity index (χ2n) is 4.69. The van der Waals surface area contributed by atoms with Gasteiger partial charge in [0.25, 0.3) is 0 Å². The maximum atomic E-state index is 2.47. The van der Waals surface area contributed by atoms with Gasteiger partial charge < -0.3 is 0 Å². The van der Waals surface area contributed by atoms with Crippen molar-refractivity contribution in [1.29, 1.82) is 0 Å². The van der Waals surface area contributed by atoms with Crippen LogP contribution in [0.4, 0.5) is 0 Å². The predicted molar refractivity (Wildman–Crippen MR) is 95.0 cm³/mol. The first-order valence-corrected chi connectivity index (χ1v) is 8.79. The lowest BCUT2D eigenvalue weighted by Gasteiger charge is -2.21. The molecule has 0 aromatic heterocycles. The molecule has 0 saturated carbocycles. The van der Waals surface area contributed by atoms with Crippen LogP contribution in [-0.4, -0.2) is 12.8 Å². The van der Waals surface area contributed by atoms with Crippen LogP contribution in [0, 0.1) is 0 Å². The van der Waals surface area contributed by atoms with Crippen molar-refractivity contribution in [3.05, 3.63) is 66.2 Å². The van der Waals surface area contributed by atoms with Gasteiger partial charge in [0, 0.05) is 7.26 Å². The normalized spacial score (nSPS) is 13.4. The molecule has 1 unspecified atom stereocenters. The average Bonchev–Trinajstić information content (AvgIpc) is 2.41. The van der Waals surface area contributed by atoms with Crippen molar-refractivity contribution < 1.29 is 0 Å². The maximum absolute atomic E-state index is 2.47. The van der Waals surface area contributed by atoms with Crippen molar-refractivity contribution in [2.75, 3.05) is 12.8 Å². The highest BCUT2D eigenvalue weighted by Crippen LogP contribution is 2.56. The van der Waals surface area contributed by atoms with Crippen molar-refractivity contribution >= 4 is 36.5 Å². The molecule has 0 heterocycles. The second-order valence-corrected chi connectivity index (χ2v) is 8.95. The minimum absolute atomic E-state index is 0. The Morgan fingerprint density at radius 2 is 1.33 bits per heavy atom. The summed E-state index contributed by atoms with van der Waals surface area (Å²) in [7, 11) is -1.02. The third kappa shape index (κ3) is 3.80. The van der Waals surface area contributed by atoms with E-state index in [0.29, 0.717) is 0 Å². The Morgan fingerprint density at radius 1 is 0.833 bits per heavy atom. The zero-order chi connectivity index (χ0) is 12.1. The molecule has 0 aliphatic carbocycles. The van der Waals surface area contributed by atoms with Crippen molar-refractivity contribution in [3.63, 3.8) is 0 Å². The largest absolute Gasteiger partial charge is 0.107 e. The molecule has 0 fully saturated rings. The lowest BCUT2D eigenvalue weighted by atomic mass is 10.2. The number of hydrogen-bond donors (Lipinski definition) is 0. The zero-order valence-corrected chi connectivity index (χ0v) is 14.3. The smallest absolute Gasteiger partial charge is 0.0939 e. The van der Waals surface area contributed by atoms with Gasteiger partial charge in [-0.25, -0.2) is 0 Å². The van der Waals surface area contributed by atoms with Crippen LogP contribution in [0.2, 0.25) is 0 Å². The predicted octanol–water partition coefficient (Wildman–Crippen LogP) is 4.80. The standard InChI is InChI=1S/C16H20P.HI/c1-3-17(2,16-12-8-5-9-13-16)14-15-10-6-4-7-11-15;/h4-13H,3,14H2,1-2H3;1H/q+1;. The van der Waals surface area contributed by atoms with Crippen LogP contribution < -0.4 is 5.30 Å². The summed E-state index contributed by atoms with van der Waals surface area (Å²) < 4.78 is 0. The highest BCUT2D eigenvalue weighted by Gasteiger charge is 2.32. The molecule has 0 spiro atoms. The molecule has 0 radical (unpaired) electrons. The highest BCUT2D eigenvalue weighted by atomic mass is 127. The van der Waals surface area contributed by atoms with E-state index in [-0.39, 0.29) is 24.0 Å². The Morgan fingerprint density at radius 3 is 1.83 bits per heavy atom. The summed E-state index contributed by atoms with van der Waals surface area (Å²) in [6, 6.07) is 21.9. The summed E-state index contributed by atoms with van der Waals surface area (Å²) in [5.74, 6) is 0. The molecule has 0 bridgehead atoms. The molecule has 0 aliphatic heterocycles. The van der Waals surface area contributed by atoms with Gasteiger partial charge in [0.05, 0.1) is 24.3 Å². The van der Waals surface area contributed by atoms with Crippen molar-refractivity contribution in [2.45, 2.75) is 13.1 Å². The first kappa shape index (κ1) is 15.7. The third-order valence-electron chi connectivity index (χ3n) is 3.45. The van der Waals surface area contributed by atoms with E-state index in [0.717, 1.165) is 0 Å². The summed E-state index contributed by atoms with van der Waals surface area (Å²) in [4.78, 5) is 0. The summed E-state index contributed by atoms with van der Waals surface area (Å²) in [5, 5.41) is 1.55. The van der Waals surface area contributed by atoms with Gasteiger partial charge in [-0.3, -0.25) is 0 Å². The quantitative estimate of drug-likeness (QED) is 0.535. The molecule has 2 aromatic carbocycles. The summed E-state index contributed by atoms with van der Waals surface area (Å²) in [5.41, 5.74) is 1.47. The van der Waals surface area contributed by atoms with Gasteiger partial charge in [-0.05, 0) is 24.6 Å². The molecule has 2 aromatic rings. The SMILES string of the molecule is CC[P+](C)(Cc1ccccc1)c1ccccc1.I. The van der Waals surface area contributed by atoms with E-state index in [1.807, 2.05) is 0 Å². The fourth-order valence-corrected chi connectivity index (χ4v) is 4.84. The van der Waals surface area contributed by atoms with Gasteiger partial charge in [-0.2, -0.15) is 0 Å². The molecule has 0 saturated heterocycles. The topological polar surface area (TPSA) is 0 Å². The van der Waals surface area contributed by atoms with Crippen LogP contribution in [0.25, 0.3) is 0 Å². The molecule has 0 nitrogen and oxygen atoms in total. The maximum Gasteiger partial charge on any atom is 0.0939 e. The summed E-state index contributed by atoms with van der Waals surface area (Å²) in [6.07, 6.45) is 2.49. The Labute approximate surface area is 128 Å². The Kier molecular flexibility index (Phi) is 6.31. The van der Waals surface area contributed by atoms with Crippen LogP contribution in [0.3, 0.4) is 0 Å². The van der Waals surface area contributed by atoms with Gasteiger partial charge in [0.2, 0.25) is 0 Å². The van der Waals surface area contributed by atoms with Crippen LogP contribution in [-0.2, 0) is 6.16 Å². The van der Waals surface area contributed by atoms with E-state index < -0.39 is 7.26 Å². The fraction of sp³-hybridized carbons (Fsp3) is 0.250. The van der Waals surface area contributed by atoms with E-state index in [1.54, 1.807) is 5.30 Å². The average molecular weight is 371 g/mol. The molecule has 2 rings (SSSR count). The fourth-order valence-electron chi connectivity index (χ4n) is 2.16. The Bertz CT molecular complexity index is 455. The molecule has 18 heavy (non-hydrogen) atoms. The van der Waals surface area contributed by atoms with Gasteiger partial charge in [-0.1, -0.05) is 48.5 Å². The van der Waals surface area contributed by atoms with E-state index in [1.165, 1.54) is 17.9 Å². The second kappa shape index (κ2) is 7.25. The molecule has 1 atom stereocenters. The monoisotopic (exact) mass is 371 g/mol. The Hall–Kier alpha value is -0.400. The van der Waals surface area contributed by atoms with Gasteiger partial charge >= 0.3 is 0 Å². The van der Waals surface area contributed by atoms with Crippen LogP contribution >= 0.6 is 31.2 Å². The van der Waals surface area contributed by atoms with Crippen LogP contribution in [0.5, 0.6) is 0 Å². The molecule has 0 amide bonds. The summed E-state index contributed by atoms with van der Waals surface area (Å²) in [6.45, 7) is 4.79. The first-order chi connectivity index (χ1) is 8.24. The van der Waals surface area contributed by atoms with Crippen molar-refractivity contribution in [1.82, 2.24) is 0 Å². The minimum atomic E-state index is -1.02. The van der Waals surface area contributed by atoms with E-state index in [2.05, 4.69) is 74.3 Å². The molecule has 0 N–H and O–H groups in total.